The van der Waals surface area contributed by atoms with Gasteiger partial charge in [-0.1, -0.05) is 48.5 Å². The fourth-order valence-corrected chi connectivity index (χ4v) is 2.35. The summed E-state index contributed by atoms with van der Waals surface area (Å²) < 4.78 is 1.91. The van der Waals surface area contributed by atoms with Gasteiger partial charge in [-0.25, -0.2) is 5.43 Å². The lowest BCUT2D eigenvalue weighted by Crippen LogP contribution is -2.22. The van der Waals surface area contributed by atoms with Crippen molar-refractivity contribution in [3.63, 3.8) is 0 Å². The van der Waals surface area contributed by atoms with Gasteiger partial charge in [0.2, 0.25) is 0 Å². The van der Waals surface area contributed by atoms with Crippen LogP contribution in [0.1, 0.15) is 5.56 Å². The van der Waals surface area contributed by atoms with Crippen molar-refractivity contribution in [1.29, 1.82) is 0 Å². The van der Waals surface area contributed by atoms with Crippen LogP contribution in [-0.4, -0.2) is 16.7 Å². The van der Waals surface area contributed by atoms with Gasteiger partial charge < -0.3 is 4.57 Å². The molecule has 22 heavy (non-hydrogen) atoms. The number of para-hydroxylation sites is 1. The van der Waals surface area contributed by atoms with Gasteiger partial charge in [0.05, 0.1) is 0 Å². The van der Waals surface area contributed by atoms with E-state index in [9.17, 15) is 4.79 Å². The molecule has 1 heterocycles. The van der Waals surface area contributed by atoms with E-state index in [0.717, 1.165) is 16.5 Å². The van der Waals surface area contributed by atoms with Gasteiger partial charge in [0.15, 0.2) is 0 Å². The third-order valence-corrected chi connectivity index (χ3v) is 3.44. The van der Waals surface area contributed by atoms with E-state index in [4.69, 9.17) is 0 Å². The lowest BCUT2D eigenvalue weighted by atomic mass is 10.2. The molecule has 110 valence electrons. The Morgan fingerprint density at radius 3 is 2.68 bits per heavy atom. The summed E-state index contributed by atoms with van der Waals surface area (Å²) >= 11 is 0. The molecular weight excluding hydrogens is 274 g/mol. The van der Waals surface area contributed by atoms with Crippen molar-refractivity contribution in [1.82, 2.24) is 9.99 Å². The molecule has 3 rings (SSSR count). The topological polar surface area (TPSA) is 46.4 Å². The molecule has 0 aliphatic heterocycles. The fraction of sp³-hybridized carbons (Fsp3) is 0.111. The summed E-state index contributed by atoms with van der Waals surface area (Å²) in [7, 11) is 0. The minimum absolute atomic E-state index is 0.134. The SMILES string of the molecule is O=C(Cn1ccc2ccccc21)N/N=C/Cc1ccccc1. The number of hydrogen-bond donors (Lipinski definition) is 1. The molecule has 4 nitrogen and oxygen atoms in total. The molecule has 2 aromatic carbocycles. The summed E-state index contributed by atoms with van der Waals surface area (Å²) in [5.41, 5.74) is 4.78. The third kappa shape index (κ3) is 3.41. The van der Waals surface area contributed by atoms with Crippen LogP contribution < -0.4 is 5.43 Å². The van der Waals surface area contributed by atoms with Gasteiger partial charge in [0, 0.05) is 24.3 Å². The zero-order valence-electron chi connectivity index (χ0n) is 12.1. The van der Waals surface area contributed by atoms with Crippen molar-refractivity contribution in [3.05, 3.63) is 72.4 Å². The second-order valence-electron chi connectivity index (χ2n) is 5.04. The summed E-state index contributed by atoms with van der Waals surface area (Å²) in [5, 5.41) is 5.12. The molecule has 0 bridgehead atoms. The number of carbonyl (C=O) groups is 1. The minimum Gasteiger partial charge on any atom is -0.338 e. The zero-order chi connectivity index (χ0) is 15.2. The van der Waals surface area contributed by atoms with Crippen LogP contribution in [0.15, 0.2) is 72.0 Å². The van der Waals surface area contributed by atoms with Crippen molar-refractivity contribution in [3.8, 4) is 0 Å². The number of aromatic nitrogens is 1. The number of nitrogens with one attached hydrogen (secondary N) is 1. The van der Waals surface area contributed by atoms with E-state index in [1.54, 1.807) is 6.21 Å². The molecule has 0 saturated carbocycles. The minimum atomic E-state index is -0.134. The lowest BCUT2D eigenvalue weighted by molar-refractivity contribution is -0.121. The zero-order valence-corrected chi connectivity index (χ0v) is 12.1. The number of carbonyl (C=O) groups excluding carboxylic acids is 1. The Morgan fingerprint density at radius 1 is 1.05 bits per heavy atom. The van der Waals surface area contributed by atoms with Crippen molar-refractivity contribution in [2.24, 2.45) is 5.10 Å². The van der Waals surface area contributed by atoms with E-state index in [2.05, 4.69) is 10.5 Å². The number of rotatable bonds is 5. The Balaban J connectivity index is 1.54. The highest BCUT2D eigenvalue weighted by molar-refractivity contribution is 5.83. The number of benzene rings is 2. The van der Waals surface area contributed by atoms with Crippen LogP contribution in [0.25, 0.3) is 10.9 Å². The van der Waals surface area contributed by atoms with Crippen molar-refractivity contribution < 1.29 is 4.79 Å². The standard InChI is InChI=1S/C18H17N3O/c22-18(20-19-12-10-15-6-2-1-3-7-15)14-21-13-11-16-8-4-5-9-17(16)21/h1-9,11-13H,10,14H2,(H,20,22)/b19-12+. The lowest BCUT2D eigenvalue weighted by Gasteiger charge is -2.04. The maximum atomic E-state index is 11.9. The van der Waals surface area contributed by atoms with E-state index < -0.39 is 0 Å². The van der Waals surface area contributed by atoms with Gasteiger partial charge in [0.25, 0.3) is 5.91 Å². The van der Waals surface area contributed by atoms with Crippen molar-refractivity contribution in [2.75, 3.05) is 0 Å². The summed E-state index contributed by atoms with van der Waals surface area (Å²) in [6.45, 7) is 0.260. The first-order valence-electron chi connectivity index (χ1n) is 7.21. The predicted molar refractivity (Wildman–Crippen MR) is 88.7 cm³/mol. The second-order valence-corrected chi connectivity index (χ2v) is 5.04. The summed E-state index contributed by atoms with van der Waals surface area (Å²) in [6.07, 6.45) is 4.33. The molecule has 0 radical (unpaired) electrons. The van der Waals surface area contributed by atoms with Gasteiger partial charge in [-0.15, -0.1) is 0 Å². The maximum absolute atomic E-state index is 11.9. The van der Waals surface area contributed by atoms with Gasteiger partial charge >= 0.3 is 0 Å². The Kier molecular flexibility index (Phi) is 4.30. The normalized spacial score (nSPS) is 11.1. The molecule has 1 aromatic heterocycles. The maximum Gasteiger partial charge on any atom is 0.259 e. The molecule has 0 aliphatic carbocycles. The third-order valence-electron chi connectivity index (χ3n) is 3.44. The molecule has 0 spiro atoms. The van der Waals surface area contributed by atoms with Crippen LogP contribution in [0, 0.1) is 0 Å². The number of nitrogens with zero attached hydrogens (tertiary/aromatic N) is 2. The van der Waals surface area contributed by atoms with Crippen LogP contribution in [0.5, 0.6) is 0 Å². The Labute approximate surface area is 129 Å². The fourth-order valence-electron chi connectivity index (χ4n) is 2.35. The van der Waals surface area contributed by atoms with Crippen LogP contribution in [0.3, 0.4) is 0 Å². The van der Waals surface area contributed by atoms with E-state index in [-0.39, 0.29) is 12.5 Å². The van der Waals surface area contributed by atoms with Crippen LogP contribution >= 0.6 is 0 Å². The molecule has 4 heteroatoms. The average Bonchev–Trinajstić information content (AvgIpc) is 2.96. The van der Waals surface area contributed by atoms with E-state index in [1.807, 2.05) is 71.4 Å². The highest BCUT2D eigenvalue weighted by Crippen LogP contribution is 2.14. The number of amides is 1. The van der Waals surface area contributed by atoms with Crippen LogP contribution in [0.4, 0.5) is 0 Å². The predicted octanol–water partition coefficient (Wildman–Crippen LogP) is 2.99. The molecule has 0 saturated heterocycles. The Hall–Kier alpha value is -2.88. The van der Waals surface area contributed by atoms with Gasteiger partial charge in [0.1, 0.15) is 6.54 Å². The molecule has 0 fully saturated rings. The molecule has 1 amide bonds. The highest BCUT2D eigenvalue weighted by atomic mass is 16.2. The largest absolute Gasteiger partial charge is 0.338 e. The first-order valence-corrected chi connectivity index (χ1v) is 7.21. The van der Waals surface area contributed by atoms with Crippen LogP contribution in [0.2, 0.25) is 0 Å². The van der Waals surface area contributed by atoms with Gasteiger partial charge in [-0.2, -0.15) is 5.10 Å². The van der Waals surface area contributed by atoms with Gasteiger partial charge in [-0.3, -0.25) is 4.79 Å². The number of hydrogen-bond acceptors (Lipinski definition) is 2. The van der Waals surface area contributed by atoms with Crippen molar-refractivity contribution >= 4 is 23.0 Å². The Bertz CT molecular complexity index is 790. The van der Waals surface area contributed by atoms with Gasteiger partial charge in [-0.05, 0) is 23.1 Å². The monoisotopic (exact) mass is 291 g/mol. The molecular formula is C18H17N3O. The van der Waals surface area contributed by atoms with E-state index >= 15 is 0 Å². The first-order chi connectivity index (χ1) is 10.8. The molecule has 1 N–H and O–H groups in total. The quantitative estimate of drug-likeness (QED) is 0.570. The molecule has 0 unspecified atom stereocenters. The molecule has 0 aliphatic rings. The molecule has 3 aromatic rings. The van der Waals surface area contributed by atoms with Crippen molar-refractivity contribution in [2.45, 2.75) is 13.0 Å². The number of fused-ring (bicyclic) bond motifs is 1. The van der Waals surface area contributed by atoms with E-state index in [1.165, 1.54) is 0 Å². The van der Waals surface area contributed by atoms with Crippen LogP contribution in [-0.2, 0) is 17.8 Å². The molecule has 0 atom stereocenters. The Morgan fingerprint density at radius 2 is 1.82 bits per heavy atom. The summed E-state index contributed by atoms with van der Waals surface area (Å²) in [4.78, 5) is 11.9. The first kappa shape index (κ1) is 14.1. The summed E-state index contributed by atoms with van der Waals surface area (Å²) in [5.74, 6) is -0.134. The second kappa shape index (κ2) is 6.72. The number of hydrazone groups is 1. The smallest absolute Gasteiger partial charge is 0.259 e. The van der Waals surface area contributed by atoms with E-state index in [0.29, 0.717) is 6.42 Å². The highest BCUT2D eigenvalue weighted by Gasteiger charge is 2.04. The average molecular weight is 291 g/mol. The summed E-state index contributed by atoms with van der Waals surface area (Å²) in [6, 6.07) is 20.0.